The van der Waals surface area contributed by atoms with Gasteiger partial charge in [0.25, 0.3) is 0 Å². The van der Waals surface area contributed by atoms with Crippen LogP contribution < -0.4 is 0 Å². The minimum Gasteiger partial charge on any atom is -0.378 e. The Hall–Kier alpha value is -1.61. The molecule has 1 atom stereocenters. The highest BCUT2D eigenvalue weighted by molar-refractivity contribution is 6.09. The van der Waals surface area contributed by atoms with Gasteiger partial charge in [0.2, 0.25) is 0 Å². The second kappa shape index (κ2) is 5.17. The van der Waals surface area contributed by atoms with Crippen molar-refractivity contribution in [2.24, 2.45) is 0 Å². The Morgan fingerprint density at radius 1 is 1.42 bits per heavy atom. The van der Waals surface area contributed by atoms with Crippen molar-refractivity contribution in [1.29, 1.82) is 0 Å². The van der Waals surface area contributed by atoms with Gasteiger partial charge in [-0.05, 0) is 32.3 Å². The van der Waals surface area contributed by atoms with Gasteiger partial charge in [-0.2, -0.15) is 0 Å². The number of aryl methyl sites for hydroxylation is 1. The highest BCUT2D eigenvalue weighted by Crippen LogP contribution is 2.25. The zero-order valence-electron chi connectivity index (χ0n) is 11.2. The second-order valence-corrected chi connectivity index (χ2v) is 5.27. The topological polar surface area (TPSA) is 42.1 Å². The van der Waals surface area contributed by atoms with Crippen molar-refractivity contribution in [3.05, 3.63) is 35.5 Å². The van der Waals surface area contributed by atoms with Crippen LogP contribution in [0.2, 0.25) is 0 Å². The number of hydrogen-bond donors (Lipinski definition) is 1. The van der Waals surface area contributed by atoms with Crippen LogP contribution in [0, 0.1) is 6.92 Å². The minimum atomic E-state index is 0.227. The van der Waals surface area contributed by atoms with Gasteiger partial charge in [0, 0.05) is 35.2 Å². The quantitative estimate of drug-likeness (QED) is 0.850. The largest absolute Gasteiger partial charge is 0.378 e. The Balaban J connectivity index is 1.79. The molecule has 1 aromatic carbocycles. The number of fused-ring (bicyclic) bond motifs is 1. The molecule has 1 N–H and O–H groups in total. The van der Waals surface area contributed by atoms with E-state index in [1.807, 2.05) is 31.2 Å². The van der Waals surface area contributed by atoms with E-state index in [-0.39, 0.29) is 11.9 Å². The van der Waals surface area contributed by atoms with Crippen LogP contribution in [-0.4, -0.2) is 23.5 Å². The van der Waals surface area contributed by atoms with Gasteiger partial charge in [0.1, 0.15) is 0 Å². The molecular formula is C16H19NO2. The fourth-order valence-electron chi connectivity index (χ4n) is 2.93. The van der Waals surface area contributed by atoms with Gasteiger partial charge in [-0.1, -0.05) is 18.2 Å². The second-order valence-electron chi connectivity index (χ2n) is 5.27. The number of carbonyl (C=O) groups excluding carboxylic acids is 1. The Bertz CT molecular complexity index is 594. The summed E-state index contributed by atoms with van der Waals surface area (Å²) in [5.41, 5.74) is 2.87. The van der Waals surface area contributed by atoms with Crippen molar-refractivity contribution in [2.75, 3.05) is 6.61 Å². The fourth-order valence-corrected chi connectivity index (χ4v) is 2.93. The molecule has 0 spiro atoms. The van der Waals surface area contributed by atoms with E-state index in [1.165, 1.54) is 0 Å². The van der Waals surface area contributed by atoms with Gasteiger partial charge in [0.05, 0.1) is 6.10 Å². The van der Waals surface area contributed by atoms with E-state index in [9.17, 15) is 4.79 Å². The summed E-state index contributed by atoms with van der Waals surface area (Å²) in [5, 5.41) is 1.04. The number of benzene rings is 1. The average molecular weight is 257 g/mol. The van der Waals surface area contributed by atoms with Crippen LogP contribution in [-0.2, 0) is 4.74 Å². The van der Waals surface area contributed by atoms with E-state index < -0.39 is 0 Å². The molecule has 3 nitrogen and oxygen atoms in total. The molecule has 0 saturated carbocycles. The maximum Gasteiger partial charge on any atom is 0.165 e. The number of para-hydroxylation sites is 1. The molecule has 0 aliphatic carbocycles. The van der Waals surface area contributed by atoms with Gasteiger partial charge >= 0.3 is 0 Å². The van der Waals surface area contributed by atoms with Crippen LogP contribution in [0.15, 0.2) is 24.3 Å². The summed E-state index contributed by atoms with van der Waals surface area (Å²) in [7, 11) is 0. The lowest BCUT2D eigenvalue weighted by Crippen LogP contribution is -2.09. The average Bonchev–Trinajstić information content (AvgIpc) is 3.02. The lowest BCUT2D eigenvalue weighted by molar-refractivity contribution is 0.0860. The monoisotopic (exact) mass is 257 g/mol. The van der Waals surface area contributed by atoms with Crippen molar-refractivity contribution in [3.8, 4) is 0 Å². The van der Waals surface area contributed by atoms with E-state index in [1.54, 1.807) is 0 Å². The Morgan fingerprint density at radius 3 is 3.05 bits per heavy atom. The summed E-state index contributed by atoms with van der Waals surface area (Å²) in [6.07, 6.45) is 3.94. The van der Waals surface area contributed by atoms with Gasteiger partial charge in [-0.15, -0.1) is 0 Å². The number of hydrogen-bond acceptors (Lipinski definition) is 2. The van der Waals surface area contributed by atoms with E-state index in [0.29, 0.717) is 6.42 Å². The van der Waals surface area contributed by atoms with E-state index in [4.69, 9.17) is 4.74 Å². The standard InChI is InChI=1S/C16H19NO2/c1-11-16(13-6-2-3-7-14(13)17-11)15(18)9-8-12-5-4-10-19-12/h2-3,6-7,12,17H,4-5,8-10H2,1H3. The zero-order valence-corrected chi connectivity index (χ0v) is 11.2. The highest BCUT2D eigenvalue weighted by atomic mass is 16.5. The first-order valence-electron chi connectivity index (χ1n) is 6.98. The third kappa shape index (κ3) is 2.43. The van der Waals surface area contributed by atoms with Crippen molar-refractivity contribution in [2.45, 2.75) is 38.7 Å². The molecule has 19 heavy (non-hydrogen) atoms. The molecule has 1 aliphatic rings. The molecule has 1 unspecified atom stereocenters. The summed E-state index contributed by atoms with van der Waals surface area (Å²) >= 11 is 0. The van der Waals surface area contributed by atoms with Gasteiger partial charge in [0.15, 0.2) is 5.78 Å². The van der Waals surface area contributed by atoms with Crippen LogP contribution >= 0.6 is 0 Å². The SMILES string of the molecule is Cc1[nH]c2ccccc2c1C(=O)CCC1CCCO1. The van der Waals surface area contributed by atoms with Crippen molar-refractivity contribution >= 4 is 16.7 Å². The summed E-state index contributed by atoms with van der Waals surface area (Å²) in [6.45, 7) is 2.82. The lowest BCUT2D eigenvalue weighted by atomic mass is 10.0. The molecule has 0 amide bonds. The number of nitrogens with one attached hydrogen (secondary N) is 1. The number of rotatable bonds is 4. The summed E-state index contributed by atoms with van der Waals surface area (Å²) in [5.74, 6) is 0.227. The molecular weight excluding hydrogens is 238 g/mol. The van der Waals surface area contributed by atoms with Crippen LogP contribution in [0.4, 0.5) is 0 Å². The van der Waals surface area contributed by atoms with Crippen molar-refractivity contribution < 1.29 is 9.53 Å². The maximum atomic E-state index is 12.4. The predicted molar refractivity (Wildman–Crippen MR) is 75.6 cm³/mol. The molecule has 2 heterocycles. The van der Waals surface area contributed by atoms with E-state index in [0.717, 1.165) is 48.0 Å². The smallest absolute Gasteiger partial charge is 0.165 e. The number of aromatic amines is 1. The third-order valence-corrected chi connectivity index (χ3v) is 3.89. The third-order valence-electron chi connectivity index (χ3n) is 3.89. The van der Waals surface area contributed by atoms with E-state index >= 15 is 0 Å². The molecule has 0 radical (unpaired) electrons. The number of ether oxygens (including phenoxy) is 1. The molecule has 100 valence electrons. The number of carbonyl (C=O) groups is 1. The van der Waals surface area contributed by atoms with Gasteiger partial charge in [-0.3, -0.25) is 4.79 Å². The van der Waals surface area contributed by atoms with Gasteiger partial charge in [-0.25, -0.2) is 0 Å². The fraction of sp³-hybridized carbons (Fsp3) is 0.438. The molecule has 0 bridgehead atoms. The predicted octanol–water partition coefficient (Wildman–Crippen LogP) is 3.62. The molecule has 3 heteroatoms. The van der Waals surface area contributed by atoms with Crippen molar-refractivity contribution in [1.82, 2.24) is 4.98 Å². The normalized spacial score (nSPS) is 19.1. The number of aromatic nitrogens is 1. The highest BCUT2D eigenvalue weighted by Gasteiger charge is 2.20. The van der Waals surface area contributed by atoms with Crippen molar-refractivity contribution in [3.63, 3.8) is 0 Å². The minimum absolute atomic E-state index is 0.227. The Kier molecular flexibility index (Phi) is 3.38. The Labute approximate surface area is 113 Å². The first kappa shape index (κ1) is 12.4. The zero-order chi connectivity index (χ0) is 13.2. The van der Waals surface area contributed by atoms with Crippen LogP contribution in [0.1, 0.15) is 41.7 Å². The first-order chi connectivity index (χ1) is 9.25. The molecule has 2 aromatic rings. The van der Waals surface area contributed by atoms with E-state index in [2.05, 4.69) is 4.98 Å². The summed E-state index contributed by atoms with van der Waals surface area (Å²) in [4.78, 5) is 15.7. The number of H-pyrrole nitrogens is 1. The number of ketones is 1. The Morgan fingerprint density at radius 2 is 2.26 bits per heavy atom. The molecule has 1 fully saturated rings. The summed E-state index contributed by atoms with van der Waals surface area (Å²) in [6, 6.07) is 7.99. The van der Waals surface area contributed by atoms with Crippen LogP contribution in [0.5, 0.6) is 0 Å². The summed E-state index contributed by atoms with van der Waals surface area (Å²) < 4.78 is 5.58. The number of Topliss-reactive ketones (excluding diaryl/α,β-unsaturated/α-hetero) is 1. The molecule has 1 saturated heterocycles. The first-order valence-corrected chi connectivity index (χ1v) is 6.98. The molecule has 3 rings (SSSR count). The molecule has 1 aromatic heterocycles. The maximum absolute atomic E-state index is 12.4. The van der Waals surface area contributed by atoms with Gasteiger partial charge < -0.3 is 9.72 Å². The van der Waals surface area contributed by atoms with Crippen LogP contribution in [0.25, 0.3) is 10.9 Å². The van der Waals surface area contributed by atoms with Crippen LogP contribution in [0.3, 0.4) is 0 Å². The molecule has 1 aliphatic heterocycles. The lowest BCUT2D eigenvalue weighted by Gasteiger charge is -2.08.